The van der Waals surface area contributed by atoms with Gasteiger partial charge < -0.3 is 4.74 Å². The summed E-state index contributed by atoms with van der Waals surface area (Å²) >= 11 is 1.56. The van der Waals surface area contributed by atoms with Crippen molar-refractivity contribution in [2.75, 3.05) is 7.11 Å². The molecule has 0 bridgehead atoms. The number of aromatic nitrogens is 2. The number of aryl methyl sites for hydroxylation is 2. The number of hydrogen-bond acceptors (Lipinski definition) is 4. The van der Waals surface area contributed by atoms with Gasteiger partial charge in [-0.2, -0.15) is 4.98 Å². The van der Waals surface area contributed by atoms with Gasteiger partial charge in [0.15, 0.2) is 0 Å². The average Bonchev–Trinajstić information content (AvgIpc) is 2.62. The van der Waals surface area contributed by atoms with Gasteiger partial charge in [0.1, 0.15) is 10.8 Å². The summed E-state index contributed by atoms with van der Waals surface area (Å²) < 4.78 is 6.85. The number of thioether (sulfide) groups is 1. The van der Waals surface area contributed by atoms with Crippen LogP contribution in [-0.4, -0.2) is 16.7 Å². The number of nitrogens with zero attached hydrogens (tertiary/aromatic N) is 2. The molecule has 0 unspecified atom stereocenters. The highest BCUT2D eigenvalue weighted by molar-refractivity contribution is 7.98. The van der Waals surface area contributed by atoms with Crippen molar-refractivity contribution in [3.8, 4) is 11.4 Å². The first kappa shape index (κ1) is 17.3. The Hall–Kier alpha value is -2.53. The van der Waals surface area contributed by atoms with Crippen LogP contribution in [0.1, 0.15) is 16.7 Å². The second-order valence-electron chi connectivity index (χ2n) is 5.85. The summed E-state index contributed by atoms with van der Waals surface area (Å²) in [5, 5.41) is 0.723. The van der Waals surface area contributed by atoms with Crippen molar-refractivity contribution in [1.82, 2.24) is 9.55 Å². The van der Waals surface area contributed by atoms with Gasteiger partial charge in [-0.25, -0.2) is 4.79 Å². The maximum Gasteiger partial charge on any atom is 0.353 e. The summed E-state index contributed by atoms with van der Waals surface area (Å²) in [5.74, 6) is 1.54. The van der Waals surface area contributed by atoms with Gasteiger partial charge in [0.05, 0.1) is 12.8 Å². The Morgan fingerprint density at radius 2 is 1.84 bits per heavy atom. The van der Waals surface area contributed by atoms with Gasteiger partial charge in [-0.1, -0.05) is 35.9 Å². The molecule has 2 aromatic carbocycles. The Balaban J connectivity index is 1.79. The Kier molecular flexibility index (Phi) is 5.24. The number of ether oxygens (including phenoxy) is 1. The van der Waals surface area contributed by atoms with E-state index in [0.717, 1.165) is 27.8 Å². The van der Waals surface area contributed by atoms with Crippen molar-refractivity contribution >= 4 is 11.8 Å². The van der Waals surface area contributed by atoms with Crippen molar-refractivity contribution in [1.29, 1.82) is 0 Å². The SMILES string of the molecule is COc1cc(-n2ccc(SCc3ccc(C)cc3)nc2=O)ccc1C. The first-order chi connectivity index (χ1) is 12.1. The second kappa shape index (κ2) is 7.57. The highest BCUT2D eigenvalue weighted by Crippen LogP contribution is 2.22. The van der Waals surface area contributed by atoms with E-state index in [4.69, 9.17) is 4.74 Å². The molecule has 3 aromatic rings. The summed E-state index contributed by atoms with van der Waals surface area (Å²) in [6, 6.07) is 15.9. The molecule has 0 radical (unpaired) electrons. The molecule has 0 aliphatic rings. The normalized spacial score (nSPS) is 10.7. The van der Waals surface area contributed by atoms with Gasteiger partial charge in [-0.3, -0.25) is 4.57 Å². The van der Waals surface area contributed by atoms with Crippen LogP contribution in [0.3, 0.4) is 0 Å². The fourth-order valence-electron chi connectivity index (χ4n) is 2.46. The lowest BCUT2D eigenvalue weighted by Gasteiger charge is -2.10. The van der Waals surface area contributed by atoms with Crippen LogP contribution in [0.25, 0.3) is 5.69 Å². The first-order valence-corrected chi connectivity index (χ1v) is 8.98. The maximum atomic E-state index is 12.4. The van der Waals surface area contributed by atoms with Crippen molar-refractivity contribution in [2.45, 2.75) is 24.6 Å². The van der Waals surface area contributed by atoms with Crippen LogP contribution in [0, 0.1) is 13.8 Å². The van der Waals surface area contributed by atoms with Gasteiger partial charge in [0, 0.05) is 18.0 Å². The molecule has 0 fully saturated rings. The lowest BCUT2D eigenvalue weighted by atomic mass is 10.2. The van der Waals surface area contributed by atoms with E-state index >= 15 is 0 Å². The molecule has 0 amide bonds. The molecule has 0 atom stereocenters. The van der Waals surface area contributed by atoms with E-state index in [1.807, 2.05) is 31.2 Å². The summed E-state index contributed by atoms with van der Waals surface area (Å²) in [6.07, 6.45) is 1.76. The molecular formula is C20H20N2O2S. The number of methoxy groups -OCH3 is 1. The minimum atomic E-state index is -0.292. The molecule has 3 rings (SSSR count). The van der Waals surface area contributed by atoms with Crippen LogP contribution in [0.4, 0.5) is 0 Å². The highest BCUT2D eigenvalue weighted by Gasteiger charge is 2.06. The van der Waals surface area contributed by atoms with E-state index in [1.54, 1.807) is 25.1 Å². The number of rotatable bonds is 5. The summed E-state index contributed by atoms with van der Waals surface area (Å²) in [4.78, 5) is 16.6. The third-order valence-corrected chi connectivity index (χ3v) is 4.96. The zero-order chi connectivity index (χ0) is 17.8. The van der Waals surface area contributed by atoms with Crippen LogP contribution in [0.2, 0.25) is 0 Å². The molecule has 128 valence electrons. The minimum Gasteiger partial charge on any atom is -0.496 e. The summed E-state index contributed by atoms with van der Waals surface area (Å²) in [5.41, 5.74) is 3.93. The Morgan fingerprint density at radius 3 is 2.52 bits per heavy atom. The minimum absolute atomic E-state index is 0.292. The zero-order valence-corrected chi connectivity index (χ0v) is 15.3. The standard InChI is InChI=1S/C20H20N2O2S/c1-14-4-7-16(8-5-14)13-25-19-10-11-22(20(23)21-19)17-9-6-15(2)18(12-17)24-3/h4-12H,13H2,1-3H3. The zero-order valence-electron chi connectivity index (χ0n) is 14.5. The van der Waals surface area contributed by atoms with Crippen LogP contribution < -0.4 is 10.4 Å². The van der Waals surface area contributed by atoms with Crippen LogP contribution in [0.5, 0.6) is 5.75 Å². The van der Waals surface area contributed by atoms with Gasteiger partial charge in [-0.15, -0.1) is 11.8 Å². The fraction of sp³-hybridized carbons (Fsp3) is 0.200. The Bertz CT molecular complexity index is 933. The second-order valence-corrected chi connectivity index (χ2v) is 6.84. The molecule has 1 heterocycles. The van der Waals surface area contributed by atoms with Gasteiger partial charge in [0.25, 0.3) is 0 Å². The lowest BCUT2D eigenvalue weighted by molar-refractivity contribution is 0.411. The predicted octanol–water partition coefficient (Wildman–Crippen LogP) is 4.15. The van der Waals surface area contributed by atoms with E-state index in [-0.39, 0.29) is 5.69 Å². The topological polar surface area (TPSA) is 44.1 Å². The highest BCUT2D eigenvalue weighted by atomic mass is 32.2. The predicted molar refractivity (Wildman–Crippen MR) is 102 cm³/mol. The lowest BCUT2D eigenvalue weighted by Crippen LogP contribution is -2.21. The molecular weight excluding hydrogens is 332 g/mol. The molecule has 0 N–H and O–H groups in total. The summed E-state index contributed by atoms with van der Waals surface area (Å²) in [6.45, 7) is 4.03. The van der Waals surface area contributed by atoms with Crippen molar-refractivity contribution in [3.63, 3.8) is 0 Å². The number of hydrogen-bond donors (Lipinski definition) is 0. The van der Waals surface area contributed by atoms with Crippen LogP contribution in [-0.2, 0) is 5.75 Å². The third kappa shape index (κ3) is 4.12. The van der Waals surface area contributed by atoms with E-state index in [0.29, 0.717) is 0 Å². The fourth-order valence-corrected chi connectivity index (χ4v) is 3.27. The molecule has 0 aliphatic heterocycles. The molecule has 0 spiro atoms. The van der Waals surface area contributed by atoms with Gasteiger partial charge in [0.2, 0.25) is 0 Å². The Morgan fingerprint density at radius 1 is 1.08 bits per heavy atom. The van der Waals surface area contributed by atoms with Crippen molar-refractivity contribution in [2.24, 2.45) is 0 Å². The molecule has 0 saturated heterocycles. The van der Waals surface area contributed by atoms with Crippen molar-refractivity contribution < 1.29 is 4.74 Å². The molecule has 25 heavy (non-hydrogen) atoms. The molecule has 0 aliphatic carbocycles. The van der Waals surface area contributed by atoms with Gasteiger partial charge >= 0.3 is 5.69 Å². The monoisotopic (exact) mass is 352 g/mol. The van der Waals surface area contributed by atoms with Crippen LogP contribution >= 0.6 is 11.8 Å². The molecule has 0 saturated carbocycles. The van der Waals surface area contributed by atoms with E-state index in [1.165, 1.54) is 15.7 Å². The van der Waals surface area contributed by atoms with E-state index in [2.05, 4.69) is 36.2 Å². The average molecular weight is 352 g/mol. The first-order valence-electron chi connectivity index (χ1n) is 8.00. The third-order valence-electron chi connectivity index (χ3n) is 3.96. The maximum absolute atomic E-state index is 12.4. The van der Waals surface area contributed by atoms with E-state index in [9.17, 15) is 4.79 Å². The van der Waals surface area contributed by atoms with Gasteiger partial charge in [-0.05, 0) is 37.1 Å². The van der Waals surface area contributed by atoms with E-state index < -0.39 is 0 Å². The van der Waals surface area contributed by atoms with Crippen molar-refractivity contribution in [3.05, 3.63) is 81.9 Å². The molecule has 4 nitrogen and oxygen atoms in total. The smallest absolute Gasteiger partial charge is 0.353 e. The molecule has 1 aromatic heterocycles. The quantitative estimate of drug-likeness (QED) is 0.511. The molecule has 5 heteroatoms. The van der Waals surface area contributed by atoms with Crippen LogP contribution in [0.15, 0.2) is 64.5 Å². The summed E-state index contributed by atoms with van der Waals surface area (Å²) in [7, 11) is 1.62. The number of benzene rings is 2. The Labute approximate surface area is 151 Å². The largest absolute Gasteiger partial charge is 0.496 e.